The zero-order valence-electron chi connectivity index (χ0n) is 13.9. The number of nitrogens with one attached hydrogen (secondary N) is 2. The Hall–Kier alpha value is -2.86. The molecule has 1 atom stereocenters. The van der Waals surface area contributed by atoms with Gasteiger partial charge in [-0.3, -0.25) is 4.79 Å². The zero-order valence-corrected chi connectivity index (χ0v) is 13.9. The second-order valence-electron chi connectivity index (χ2n) is 6.01. The van der Waals surface area contributed by atoms with Gasteiger partial charge in [0, 0.05) is 11.1 Å². The number of fused-ring (bicyclic) bond motifs is 2. The van der Waals surface area contributed by atoms with Crippen LogP contribution in [0.5, 0.6) is 5.75 Å². The Morgan fingerprint density at radius 3 is 3.04 bits per heavy atom. The minimum absolute atomic E-state index is 0.138. The van der Waals surface area contributed by atoms with Crippen LogP contribution in [-0.2, 0) is 11.3 Å². The van der Waals surface area contributed by atoms with Crippen molar-refractivity contribution in [3.05, 3.63) is 59.4 Å². The first-order valence-corrected chi connectivity index (χ1v) is 8.33. The third-order valence-electron chi connectivity index (χ3n) is 4.33. The molecule has 0 saturated heterocycles. The molecule has 0 unspecified atom stereocenters. The highest BCUT2D eigenvalue weighted by atomic mass is 16.7. The zero-order chi connectivity index (χ0) is 17.2. The van der Waals surface area contributed by atoms with Gasteiger partial charge < -0.3 is 19.8 Å². The summed E-state index contributed by atoms with van der Waals surface area (Å²) >= 11 is 0. The number of ether oxygens (including phenoxy) is 2. The summed E-state index contributed by atoms with van der Waals surface area (Å²) in [5.41, 5.74) is 3.33. The molecule has 0 aliphatic carbocycles. The minimum atomic E-state index is -0.177. The predicted molar refractivity (Wildman–Crippen MR) is 93.3 cm³/mol. The monoisotopic (exact) mass is 337 g/mol. The lowest BCUT2D eigenvalue weighted by molar-refractivity contribution is -0.0163. The van der Waals surface area contributed by atoms with Gasteiger partial charge in [0.05, 0.1) is 23.7 Å². The lowest BCUT2D eigenvalue weighted by Gasteiger charge is -2.19. The molecule has 1 aromatic heterocycles. The molecule has 0 fully saturated rings. The summed E-state index contributed by atoms with van der Waals surface area (Å²) < 4.78 is 10.7. The third kappa shape index (κ3) is 3.08. The number of carbonyl (C=O) groups is 1. The van der Waals surface area contributed by atoms with Crippen molar-refractivity contribution >= 4 is 16.9 Å². The molecule has 3 aromatic rings. The fourth-order valence-corrected chi connectivity index (χ4v) is 2.97. The number of nitrogens with zero attached hydrogens (tertiary/aromatic N) is 1. The maximum absolute atomic E-state index is 12.7. The van der Waals surface area contributed by atoms with E-state index in [-0.39, 0.29) is 18.7 Å². The molecule has 1 aliphatic rings. The van der Waals surface area contributed by atoms with Crippen molar-refractivity contribution in [2.75, 3.05) is 6.79 Å². The van der Waals surface area contributed by atoms with Crippen LogP contribution in [0.15, 0.2) is 42.5 Å². The highest BCUT2D eigenvalue weighted by Gasteiger charge is 2.19. The number of hydrogen-bond donors (Lipinski definition) is 2. The molecule has 1 aliphatic heterocycles. The molecule has 6 heteroatoms. The van der Waals surface area contributed by atoms with E-state index in [9.17, 15) is 4.79 Å². The maximum atomic E-state index is 12.7. The molecule has 2 heterocycles. The van der Waals surface area contributed by atoms with Crippen LogP contribution in [0, 0.1) is 0 Å². The Kier molecular flexibility index (Phi) is 4.11. The molecule has 4 rings (SSSR count). The third-order valence-corrected chi connectivity index (χ3v) is 4.33. The van der Waals surface area contributed by atoms with E-state index in [0.29, 0.717) is 12.2 Å². The molecule has 128 valence electrons. The van der Waals surface area contributed by atoms with Crippen molar-refractivity contribution in [1.82, 2.24) is 15.3 Å². The molecular formula is C19H19N3O3. The van der Waals surface area contributed by atoms with Gasteiger partial charge >= 0.3 is 0 Å². The highest BCUT2D eigenvalue weighted by Crippen LogP contribution is 2.25. The first-order chi connectivity index (χ1) is 12.2. The first-order valence-electron chi connectivity index (χ1n) is 8.33. The van der Waals surface area contributed by atoms with Gasteiger partial charge in [0.15, 0.2) is 6.79 Å². The molecule has 6 nitrogen and oxygen atoms in total. The lowest BCUT2D eigenvalue weighted by atomic mass is 10.1. The molecule has 0 bridgehead atoms. The van der Waals surface area contributed by atoms with Crippen molar-refractivity contribution in [3.8, 4) is 5.75 Å². The van der Waals surface area contributed by atoms with Crippen molar-refractivity contribution in [3.63, 3.8) is 0 Å². The van der Waals surface area contributed by atoms with E-state index >= 15 is 0 Å². The Morgan fingerprint density at radius 2 is 2.20 bits per heavy atom. The molecule has 0 radical (unpaired) electrons. The van der Waals surface area contributed by atoms with E-state index < -0.39 is 0 Å². The summed E-state index contributed by atoms with van der Waals surface area (Å²) in [6, 6.07) is 13.1. The fraction of sp³-hybridized carbons (Fsp3) is 0.263. The Balaban J connectivity index is 1.55. The molecule has 0 spiro atoms. The van der Waals surface area contributed by atoms with Crippen LogP contribution in [0.25, 0.3) is 11.0 Å². The van der Waals surface area contributed by atoms with E-state index in [4.69, 9.17) is 9.47 Å². The van der Waals surface area contributed by atoms with E-state index in [1.165, 1.54) is 0 Å². The van der Waals surface area contributed by atoms with Crippen molar-refractivity contribution in [1.29, 1.82) is 0 Å². The number of hydrogen-bond acceptors (Lipinski definition) is 4. The maximum Gasteiger partial charge on any atom is 0.251 e. The van der Waals surface area contributed by atoms with Gasteiger partial charge in [0.25, 0.3) is 5.91 Å². The standard InChI is InChI=1S/C19H19N3O3/c1-2-14(18-20-15-5-3-4-6-16(15)21-18)22-19(23)12-7-8-17-13(9-12)10-24-11-25-17/h3-9,14H,2,10-11H2,1H3,(H,20,21)(H,22,23)/t14-/m1/s1. The average molecular weight is 337 g/mol. The first kappa shape index (κ1) is 15.7. The van der Waals surface area contributed by atoms with E-state index in [2.05, 4.69) is 15.3 Å². The average Bonchev–Trinajstić information content (AvgIpc) is 3.09. The van der Waals surface area contributed by atoms with Crippen molar-refractivity contribution in [2.45, 2.75) is 26.0 Å². The molecule has 2 aromatic carbocycles. The van der Waals surface area contributed by atoms with Gasteiger partial charge in [-0.25, -0.2) is 4.98 Å². The van der Waals surface area contributed by atoms with Gasteiger partial charge in [-0.2, -0.15) is 0 Å². The Bertz CT molecular complexity index is 886. The molecule has 1 amide bonds. The second kappa shape index (κ2) is 6.57. The molecule has 25 heavy (non-hydrogen) atoms. The van der Waals surface area contributed by atoms with Crippen LogP contribution in [0.3, 0.4) is 0 Å². The topological polar surface area (TPSA) is 76.2 Å². The summed E-state index contributed by atoms with van der Waals surface area (Å²) in [6.45, 7) is 2.73. The number of rotatable bonds is 4. The number of para-hydroxylation sites is 2. The number of H-pyrrole nitrogens is 1. The Labute approximate surface area is 145 Å². The van der Waals surface area contributed by atoms with Crippen LogP contribution >= 0.6 is 0 Å². The van der Waals surface area contributed by atoms with Gasteiger partial charge in [-0.15, -0.1) is 0 Å². The number of imidazole rings is 1. The SMILES string of the molecule is CC[C@@H](NC(=O)c1ccc2c(c1)COCO2)c1nc2ccccc2[nH]1. The highest BCUT2D eigenvalue weighted by molar-refractivity contribution is 5.94. The smallest absolute Gasteiger partial charge is 0.251 e. The van der Waals surface area contributed by atoms with Gasteiger partial charge in [0.2, 0.25) is 0 Å². The Morgan fingerprint density at radius 1 is 1.32 bits per heavy atom. The predicted octanol–water partition coefficient (Wildman–Crippen LogP) is 3.31. The number of amides is 1. The number of carbonyl (C=O) groups excluding carboxylic acids is 1. The van der Waals surface area contributed by atoms with Gasteiger partial charge in [-0.1, -0.05) is 19.1 Å². The molecule has 2 N–H and O–H groups in total. The lowest BCUT2D eigenvalue weighted by Crippen LogP contribution is -2.29. The molecule has 0 saturated carbocycles. The second-order valence-corrected chi connectivity index (χ2v) is 6.01. The van der Waals surface area contributed by atoms with E-state index in [0.717, 1.165) is 34.6 Å². The summed E-state index contributed by atoms with van der Waals surface area (Å²) in [7, 11) is 0. The fourth-order valence-electron chi connectivity index (χ4n) is 2.97. The number of benzene rings is 2. The quantitative estimate of drug-likeness (QED) is 0.766. The van der Waals surface area contributed by atoms with Crippen LogP contribution in [-0.4, -0.2) is 22.7 Å². The normalized spacial score (nSPS) is 14.6. The largest absolute Gasteiger partial charge is 0.467 e. The van der Waals surface area contributed by atoms with E-state index in [1.807, 2.05) is 43.3 Å². The van der Waals surface area contributed by atoms with Crippen molar-refractivity contribution in [2.24, 2.45) is 0 Å². The molecular weight excluding hydrogens is 318 g/mol. The minimum Gasteiger partial charge on any atom is -0.467 e. The number of aromatic nitrogens is 2. The van der Waals surface area contributed by atoms with E-state index in [1.54, 1.807) is 6.07 Å². The van der Waals surface area contributed by atoms with Gasteiger partial charge in [-0.05, 0) is 36.8 Å². The van der Waals surface area contributed by atoms with Crippen molar-refractivity contribution < 1.29 is 14.3 Å². The van der Waals surface area contributed by atoms with Crippen LogP contribution in [0.1, 0.15) is 41.1 Å². The van der Waals surface area contributed by atoms with Gasteiger partial charge in [0.1, 0.15) is 11.6 Å². The number of aromatic amines is 1. The van der Waals surface area contributed by atoms with Crippen LogP contribution < -0.4 is 10.1 Å². The summed E-state index contributed by atoms with van der Waals surface area (Å²) in [6.07, 6.45) is 0.739. The summed E-state index contributed by atoms with van der Waals surface area (Å²) in [5, 5.41) is 3.05. The van der Waals surface area contributed by atoms with Crippen LogP contribution in [0.4, 0.5) is 0 Å². The summed E-state index contributed by atoms with van der Waals surface area (Å²) in [5.74, 6) is 1.40. The summed E-state index contributed by atoms with van der Waals surface area (Å²) in [4.78, 5) is 20.5. The van der Waals surface area contributed by atoms with Crippen LogP contribution in [0.2, 0.25) is 0 Å².